The Labute approximate surface area is 104 Å². The van der Waals surface area contributed by atoms with Gasteiger partial charge in [0.25, 0.3) is 0 Å². The van der Waals surface area contributed by atoms with Crippen molar-refractivity contribution in [2.24, 2.45) is 0 Å². The largest absolute Gasteiger partial charge is 0.328 e. The summed E-state index contributed by atoms with van der Waals surface area (Å²) in [4.78, 5) is 4.26. The van der Waals surface area contributed by atoms with Crippen LogP contribution in [0, 0.1) is 0 Å². The zero-order valence-electron chi connectivity index (χ0n) is 11.1. The predicted molar refractivity (Wildman–Crippen MR) is 71.9 cm³/mol. The first-order valence-corrected chi connectivity index (χ1v) is 6.65. The molecular formula is C14H23N3. The Morgan fingerprint density at radius 3 is 2.94 bits per heavy atom. The monoisotopic (exact) mass is 233 g/mol. The van der Waals surface area contributed by atoms with E-state index in [9.17, 15) is 0 Å². The average molecular weight is 233 g/mol. The zero-order valence-corrected chi connectivity index (χ0v) is 11.1. The second-order valence-corrected chi connectivity index (χ2v) is 5.15. The molecule has 1 aliphatic carbocycles. The number of aromatic nitrogens is 2. The van der Waals surface area contributed by atoms with Gasteiger partial charge in [0.15, 0.2) is 0 Å². The Balaban J connectivity index is 2.06. The summed E-state index contributed by atoms with van der Waals surface area (Å²) in [7, 11) is 0. The van der Waals surface area contributed by atoms with Crippen molar-refractivity contribution in [3.63, 3.8) is 0 Å². The fourth-order valence-electron chi connectivity index (χ4n) is 1.91. The molecule has 1 aliphatic rings. The number of nitrogens with one attached hydrogen (secondary N) is 1. The van der Waals surface area contributed by atoms with Gasteiger partial charge in [-0.1, -0.05) is 26.3 Å². The number of nitrogens with zero attached hydrogens (tertiary/aromatic N) is 2. The third kappa shape index (κ3) is 3.43. The van der Waals surface area contributed by atoms with Gasteiger partial charge in [-0.05, 0) is 25.3 Å². The van der Waals surface area contributed by atoms with E-state index in [-0.39, 0.29) is 0 Å². The highest BCUT2D eigenvalue weighted by Gasteiger charge is 2.24. The van der Waals surface area contributed by atoms with Crippen LogP contribution in [0.1, 0.15) is 51.8 Å². The first-order chi connectivity index (χ1) is 8.20. The molecule has 3 heteroatoms. The van der Waals surface area contributed by atoms with E-state index < -0.39 is 0 Å². The van der Waals surface area contributed by atoms with Gasteiger partial charge in [-0.2, -0.15) is 0 Å². The minimum atomic E-state index is 0.540. The molecule has 3 nitrogen and oxygen atoms in total. The molecule has 0 saturated heterocycles. The molecule has 0 unspecified atom stereocenters. The fourth-order valence-corrected chi connectivity index (χ4v) is 1.91. The molecule has 0 aromatic carbocycles. The normalized spacial score (nSPS) is 16.8. The molecule has 2 rings (SSSR count). The van der Waals surface area contributed by atoms with E-state index in [0.717, 1.165) is 13.0 Å². The Morgan fingerprint density at radius 2 is 2.35 bits per heavy atom. The Bertz CT molecular complexity index is 386. The van der Waals surface area contributed by atoms with Crippen LogP contribution in [0.2, 0.25) is 0 Å². The second-order valence-electron chi connectivity index (χ2n) is 5.15. The van der Waals surface area contributed by atoms with Crippen LogP contribution < -0.4 is 5.32 Å². The molecule has 0 aliphatic heterocycles. The standard InChI is InChI=1S/C14H23N3/c1-4-12(8-16-11(2)3)7-14-9-15-10-17(14)13-5-6-13/h7,9-11,13,16H,4-6,8H2,1-3H3. The van der Waals surface area contributed by atoms with Crippen molar-refractivity contribution >= 4 is 6.08 Å². The van der Waals surface area contributed by atoms with Crippen LogP contribution in [0.25, 0.3) is 6.08 Å². The highest BCUT2D eigenvalue weighted by molar-refractivity contribution is 5.49. The van der Waals surface area contributed by atoms with E-state index in [1.54, 1.807) is 0 Å². The molecule has 0 bridgehead atoms. The Kier molecular flexibility index (Phi) is 4.00. The van der Waals surface area contributed by atoms with Crippen molar-refractivity contribution in [2.45, 2.75) is 52.1 Å². The molecule has 0 radical (unpaired) electrons. The number of hydrogen-bond donors (Lipinski definition) is 1. The molecule has 1 aromatic rings. The first kappa shape index (κ1) is 12.4. The van der Waals surface area contributed by atoms with Gasteiger partial charge in [-0.15, -0.1) is 0 Å². The molecule has 94 valence electrons. The van der Waals surface area contributed by atoms with Gasteiger partial charge < -0.3 is 9.88 Å². The lowest BCUT2D eigenvalue weighted by atomic mass is 10.1. The highest BCUT2D eigenvalue weighted by Crippen LogP contribution is 2.36. The van der Waals surface area contributed by atoms with Crippen molar-refractivity contribution in [1.29, 1.82) is 0 Å². The van der Waals surface area contributed by atoms with Gasteiger partial charge in [0.1, 0.15) is 0 Å². The summed E-state index contributed by atoms with van der Waals surface area (Å²) in [5, 5.41) is 3.48. The van der Waals surface area contributed by atoms with Crippen LogP contribution in [-0.4, -0.2) is 22.1 Å². The Morgan fingerprint density at radius 1 is 1.59 bits per heavy atom. The van der Waals surface area contributed by atoms with Crippen molar-refractivity contribution in [3.05, 3.63) is 23.8 Å². The van der Waals surface area contributed by atoms with E-state index >= 15 is 0 Å². The van der Waals surface area contributed by atoms with Gasteiger partial charge in [-0.25, -0.2) is 4.98 Å². The average Bonchev–Trinajstić information content (AvgIpc) is 3.05. The van der Waals surface area contributed by atoms with Crippen LogP contribution in [-0.2, 0) is 0 Å². The molecular weight excluding hydrogens is 210 g/mol. The summed E-state index contributed by atoms with van der Waals surface area (Å²) >= 11 is 0. The van der Waals surface area contributed by atoms with E-state index in [1.807, 2.05) is 12.5 Å². The van der Waals surface area contributed by atoms with Crippen molar-refractivity contribution in [1.82, 2.24) is 14.9 Å². The summed E-state index contributed by atoms with van der Waals surface area (Å²) in [6, 6.07) is 1.25. The van der Waals surface area contributed by atoms with Crippen molar-refractivity contribution in [3.8, 4) is 0 Å². The quantitative estimate of drug-likeness (QED) is 0.818. The molecule has 1 saturated carbocycles. The molecule has 0 atom stereocenters. The summed E-state index contributed by atoms with van der Waals surface area (Å²) < 4.78 is 2.31. The molecule has 1 N–H and O–H groups in total. The minimum absolute atomic E-state index is 0.540. The van der Waals surface area contributed by atoms with Crippen molar-refractivity contribution in [2.75, 3.05) is 6.54 Å². The molecule has 0 amide bonds. The van der Waals surface area contributed by atoms with Gasteiger partial charge in [0.05, 0.1) is 18.2 Å². The Hall–Kier alpha value is -1.09. The van der Waals surface area contributed by atoms with E-state index in [4.69, 9.17) is 0 Å². The van der Waals surface area contributed by atoms with Gasteiger partial charge in [0.2, 0.25) is 0 Å². The van der Waals surface area contributed by atoms with E-state index in [0.29, 0.717) is 12.1 Å². The molecule has 0 spiro atoms. The highest BCUT2D eigenvalue weighted by atomic mass is 15.1. The lowest BCUT2D eigenvalue weighted by Crippen LogP contribution is -2.24. The lowest BCUT2D eigenvalue weighted by molar-refractivity contribution is 0.616. The van der Waals surface area contributed by atoms with Crippen LogP contribution >= 0.6 is 0 Å². The van der Waals surface area contributed by atoms with Gasteiger partial charge in [0, 0.05) is 18.6 Å². The number of rotatable bonds is 6. The topological polar surface area (TPSA) is 29.9 Å². The van der Waals surface area contributed by atoms with Crippen LogP contribution in [0.15, 0.2) is 18.1 Å². The third-order valence-corrected chi connectivity index (χ3v) is 3.18. The van der Waals surface area contributed by atoms with E-state index in [1.165, 1.54) is 24.1 Å². The molecule has 1 heterocycles. The summed E-state index contributed by atoms with van der Waals surface area (Å²) in [6.45, 7) is 7.55. The minimum Gasteiger partial charge on any atom is -0.328 e. The summed E-state index contributed by atoms with van der Waals surface area (Å²) in [6.07, 6.45) is 9.94. The van der Waals surface area contributed by atoms with E-state index in [2.05, 4.69) is 41.7 Å². The number of hydrogen-bond acceptors (Lipinski definition) is 2. The van der Waals surface area contributed by atoms with Crippen LogP contribution in [0.4, 0.5) is 0 Å². The maximum Gasteiger partial charge on any atom is 0.0953 e. The third-order valence-electron chi connectivity index (χ3n) is 3.18. The van der Waals surface area contributed by atoms with Crippen LogP contribution in [0.5, 0.6) is 0 Å². The fraction of sp³-hybridized carbons (Fsp3) is 0.643. The predicted octanol–water partition coefficient (Wildman–Crippen LogP) is 3.01. The number of imidazole rings is 1. The molecule has 1 aromatic heterocycles. The maximum absolute atomic E-state index is 4.26. The smallest absolute Gasteiger partial charge is 0.0953 e. The SMILES string of the molecule is CCC(=Cc1cncn1C1CC1)CNC(C)C. The molecule has 1 fully saturated rings. The molecule has 17 heavy (non-hydrogen) atoms. The lowest BCUT2D eigenvalue weighted by Gasteiger charge is -2.11. The first-order valence-electron chi connectivity index (χ1n) is 6.65. The van der Waals surface area contributed by atoms with Crippen molar-refractivity contribution < 1.29 is 0 Å². The van der Waals surface area contributed by atoms with Gasteiger partial charge >= 0.3 is 0 Å². The summed E-state index contributed by atoms with van der Waals surface area (Å²) in [5.74, 6) is 0. The maximum atomic E-state index is 4.26. The zero-order chi connectivity index (χ0) is 12.3. The summed E-state index contributed by atoms with van der Waals surface area (Å²) in [5.41, 5.74) is 2.70. The van der Waals surface area contributed by atoms with Gasteiger partial charge in [-0.3, -0.25) is 0 Å². The second kappa shape index (κ2) is 5.50. The van der Waals surface area contributed by atoms with Crippen LogP contribution in [0.3, 0.4) is 0 Å².